The number of rotatable bonds is 7. The highest BCUT2D eigenvalue weighted by Gasteiger charge is 2.32. The first kappa shape index (κ1) is 18.0. The number of hydrogen-bond donors (Lipinski definition) is 1. The van der Waals surface area contributed by atoms with Gasteiger partial charge < -0.3 is 14.8 Å². The van der Waals surface area contributed by atoms with Crippen molar-refractivity contribution in [2.24, 2.45) is 5.41 Å². The quantitative estimate of drug-likeness (QED) is 0.833. The van der Waals surface area contributed by atoms with Gasteiger partial charge in [-0.05, 0) is 44.4 Å². The van der Waals surface area contributed by atoms with Crippen LogP contribution in [0.3, 0.4) is 0 Å². The lowest BCUT2D eigenvalue weighted by molar-refractivity contribution is -0.0341. The van der Waals surface area contributed by atoms with Crippen molar-refractivity contribution in [3.63, 3.8) is 0 Å². The molecular formula is C18H31NO2. The highest BCUT2D eigenvalue weighted by molar-refractivity contribution is 5.37. The van der Waals surface area contributed by atoms with Crippen LogP contribution in [0.2, 0.25) is 0 Å². The van der Waals surface area contributed by atoms with Gasteiger partial charge in [0.25, 0.3) is 0 Å². The van der Waals surface area contributed by atoms with Gasteiger partial charge >= 0.3 is 0 Å². The minimum atomic E-state index is 0.0841. The smallest absolute Gasteiger partial charge is 0.122 e. The van der Waals surface area contributed by atoms with Crippen LogP contribution in [0.1, 0.15) is 38.8 Å². The average molecular weight is 293 g/mol. The normalized spacial score (nSPS) is 14.8. The number of likely N-dealkylation sites (N-methyl/N-ethyl adjacent to an activating group) is 1. The summed E-state index contributed by atoms with van der Waals surface area (Å²) in [6.07, 6.45) is 1.04. The molecule has 0 spiro atoms. The van der Waals surface area contributed by atoms with Crippen molar-refractivity contribution in [1.82, 2.24) is 5.32 Å². The first-order valence-electron chi connectivity index (χ1n) is 7.75. The Balaban J connectivity index is 3.02. The second-order valence-electron chi connectivity index (χ2n) is 6.66. The molecule has 0 radical (unpaired) electrons. The van der Waals surface area contributed by atoms with Gasteiger partial charge in [-0.25, -0.2) is 0 Å². The molecule has 3 heteroatoms. The summed E-state index contributed by atoms with van der Waals surface area (Å²) in [4.78, 5) is 0. The Kier molecular flexibility index (Phi) is 6.69. The molecule has 3 nitrogen and oxygen atoms in total. The number of hydrogen-bond acceptors (Lipinski definition) is 3. The lowest BCUT2D eigenvalue weighted by Crippen LogP contribution is -2.48. The van der Waals surface area contributed by atoms with E-state index >= 15 is 0 Å². The average Bonchev–Trinajstić information content (AvgIpc) is 2.41. The minimum absolute atomic E-state index is 0.0841. The molecule has 0 aliphatic carbocycles. The van der Waals surface area contributed by atoms with Crippen molar-refractivity contribution in [3.8, 4) is 5.75 Å². The van der Waals surface area contributed by atoms with E-state index < -0.39 is 0 Å². The summed E-state index contributed by atoms with van der Waals surface area (Å²) >= 11 is 0. The maximum Gasteiger partial charge on any atom is 0.122 e. The SMILES string of the molecule is CCOC(C(Cc1cc(C)ccc1OC)NC)C(C)(C)C. The summed E-state index contributed by atoms with van der Waals surface area (Å²) in [5.74, 6) is 0.949. The third-order valence-electron chi connectivity index (χ3n) is 3.81. The number of aryl methyl sites for hydroxylation is 1. The Morgan fingerprint density at radius 3 is 2.38 bits per heavy atom. The first-order chi connectivity index (χ1) is 9.83. The van der Waals surface area contributed by atoms with Gasteiger partial charge in [0.15, 0.2) is 0 Å². The molecule has 0 fully saturated rings. The fourth-order valence-corrected chi connectivity index (χ4v) is 2.81. The van der Waals surface area contributed by atoms with E-state index in [2.05, 4.69) is 52.1 Å². The van der Waals surface area contributed by atoms with Crippen LogP contribution >= 0.6 is 0 Å². The van der Waals surface area contributed by atoms with E-state index in [-0.39, 0.29) is 17.6 Å². The van der Waals surface area contributed by atoms with Crippen molar-refractivity contribution in [1.29, 1.82) is 0 Å². The van der Waals surface area contributed by atoms with E-state index in [4.69, 9.17) is 9.47 Å². The van der Waals surface area contributed by atoms with E-state index in [9.17, 15) is 0 Å². The molecular weight excluding hydrogens is 262 g/mol. The van der Waals surface area contributed by atoms with Crippen LogP contribution < -0.4 is 10.1 Å². The first-order valence-corrected chi connectivity index (χ1v) is 7.75. The van der Waals surface area contributed by atoms with Crippen molar-refractivity contribution < 1.29 is 9.47 Å². The molecule has 1 aromatic carbocycles. The third kappa shape index (κ3) is 5.01. The van der Waals surface area contributed by atoms with Gasteiger partial charge in [0.1, 0.15) is 5.75 Å². The highest BCUT2D eigenvalue weighted by atomic mass is 16.5. The van der Waals surface area contributed by atoms with Crippen LogP contribution in [0, 0.1) is 12.3 Å². The molecule has 1 rings (SSSR count). The van der Waals surface area contributed by atoms with Crippen LogP contribution in [-0.4, -0.2) is 32.9 Å². The zero-order chi connectivity index (χ0) is 16.0. The van der Waals surface area contributed by atoms with Gasteiger partial charge in [0.2, 0.25) is 0 Å². The predicted octanol–water partition coefficient (Wildman–Crippen LogP) is 3.59. The molecule has 0 heterocycles. The Hall–Kier alpha value is -1.06. The molecule has 1 N–H and O–H groups in total. The van der Waals surface area contributed by atoms with Crippen LogP contribution in [0.25, 0.3) is 0 Å². The van der Waals surface area contributed by atoms with Gasteiger partial charge in [-0.3, -0.25) is 0 Å². The fraction of sp³-hybridized carbons (Fsp3) is 0.667. The molecule has 0 aromatic heterocycles. The molecule has 1 aromatic rings. The number of benzene rings is 1. The Morgan fingerprint density at radius 1 is 1.24 bits per heavy atom. The summed E-state index contributed by atoms with van der Waals surface area (Å²) in [5.41, 5.74) is 2.57. The molecule has 21 heavy (non-hydrogen) atoms. The molecule has 2 unspecified atom stereocenters. The van der Waals surface area contributed by atoms with Gasteiger partial charge in [0.05, 0.1) is 13.2 Å². The number of methoxy groups -OCH3 is 1. The zero-order valence-electron chi connectivity index (χ0n) is 14.6. The van der Waals surface area contributed by atoms with Crippen molar-refractivity contribution in [2.75, 3.05) is 20.8 Å². The fourth-order valence-electron chi connectivity index (χ4n) is 2.81. The minimum Gasteiger partial charge on any atom is -0.496 e. The lowest BCUT2D eigenvalue weighted by Gasteiger charge is -2.37. The van der Waals surface area contributed by atoms with E-state index in [1.54, 1.807) is 7.11 Å². The molecule has 0 bridgehead atoms. The van der Waals surface area contributed by atoms with Gasteiger partial charge in [-0.15, -0.1) is 0 Å². The van der Waals surface area contributed by atoms with Crippen molar-refractivity contribution in [2.45, 2.75) is 53.2 Å². The van der Waals surface area contributed by atoms with Crippen LogP contribution in [0.4, 0.5) is 0 Å². The maximum atomic E-state index is 6.03. The second-order valence-corrected chi connectivity index (χ2v) is 6.66. The maximum absolute atomic E-state index is 6.03. The molecule has 2 atom stereocenters. The molecule has 0 saturated heterocycles. The van der Waals surface area contributed by atoms with E-state index in [0.717, 1.165) is 18.8 Å². The highest BCUT2D eigenvalue weighted by Crippen LogP contribution is 2.29. The van der Waals surface area contributed by atoms with Crippen molar-refractivity contribution >= 4 is 0 Å². The number of ether oxygens (including phenoxy) is 2. The van der Waals surface area contributed by atoms with Crippen LogP contribution in [-0.2, 0) is 11.2 Å². The summed E-state index contributed by atoms with van der Waals surface area (Å²) in [6, 6.07) is 6.58. The summed E-state index contributed by atoms with van der Waals surface area (Å²) in [6.45, 7) is 11.6. The second kappa shape index (κ2) is 7.81. The third-order valence-corrected chi connectivity index (χ3v) is 3.81. The van der Waals surface area contributed by atoms with Crippen LogP contribution in [0.5, 0.6) is 5.75 Å². The Morgan fingerprint density at radius 2 is 1.90 bits per heavy atom. The van der Waals surface area contributed by atoms with Gasteiger partial charge in [-0.1, -0.05) is 38.5 Å². The van der Waals surface area contributed by atoms with E-state index in [1.165, 1.54) is 11.1 Å². The Labute approximate surface area is 130 Å². The lowest BCUT2D eigenvalue weighted by atomic mass is 9.82. The standard InChI is InChI=1S/C18H31NO2/c1-8-21-17(18(3,4)5)15(19-6)12-14-11-13(2)9-10-16(14)20-7/h9-11,15,17,19H,8,12H2,1-7H3. The molecule has 0 aliphatic heterocycles. The topological polar surface area (TPSA) is 30.5 Å². The summed E-state index contributed by atoms with van der Waals surface area (Å²) in [7, 11) is 3.73. The molecule has 0 saturated carbocycles. The van der Waals surface area contributed by atoms with Crippen molar-refractivity contribution in [3.05, 3.63) is 29.3 Å². The monoisotopic (exact) mass is 293 g/mol. The van der Waals surface area contributed by atoms with Crippen LogP contribution in [0.15, 0.2) is 18.2 Å². The molecule has 0 amide bonds. The van der Waals surface area contributed by atoms with E-state index in [1.807, 2.05) is 13.1 Å². The predicted molar refractivity (Wildman–Crippen MR) is 89.2 cm³/mol. The molecule has 0 aliphatic rings. The van der Waals surface area contributed by atoms with Gasteiger partial charge in [-0.2, -0.15) is 0 Å². The Bertz CT molecular complexity index is 437. The van der Waals surface area contributed by atoms with E-state index in [0.29, 0.717) is 0 Å². The van der Waals surface area contributed by atoms with Gasteiger partial charge in [0, 0.05) is 12.6 Å². The largest absolute Gasteiger partial charge is 0.496 e. The summed E-state index contributed by atoms with van der Waals surface area (Å²) < 4.78 is 11.5. The zero-order valence-corrected chi connectivity index (χ0v) is 14.6. The number of nitrogens with one attached hydrogen (secondary N) is 1. The summed E-state index contributed by atoms with van der Waals surface area (Å²) in [5, 5.41) is 3.43. The molecule has 120 valence electrons.